The molecule has 0 unspecified atom stereocenters. The van der Waals surface area contributed by atoms with Crippen molar-refractivity contribution in [2.75, 3.05) is 19.0 Å². The lowest BCUT2D eigenvalue weighted by atomic mass is 9.85. The number of hydrogen-bond donors (Lipinski definition) is 4. The van der Waals surface area contributed by atoms with Gasteiger partial charge in [0.15, 0.2) is 5.69 Å². The zero-order chi connectivity index (χ0) is 25.8. The van der Waals surface area contributed by atoms with Crippen LogP contribution in [0.25, 0.3) is 0 Å². The minimum atomic E-state index is -0.555. The summed E-state index contributed by atoms with van der Waals surface area (Å²) in [6.45, 7) is 5.52. The Morgan fingerprint density at radius 3 is 2.54 bits per heavy atom. The van der Waals surface area contributed by atoms with Crippen molar-refractivity contribution in [3.63, 3.8) is 0 Å². The third-order valence-corrected chi connectivity index (χ3v) is 6.56. The van der Waals surface area contributed by atoms with Crippen molar-refractivity contribution in [2.24, 2.45) is 5.92 Å². The number of rotatable bonds is 8. The van der Waals surface area contributed by atoms with Gasteiger partial charge in [0, 0.05) is 25.6 Å². The van der Waals surface area contributed by atoms with Crippen LogP contribution >= 0.6 is 11.6 Å². The zero-order valence-corrected chi connectivity index (χ0v) is 21.0. The molecule has 0 atom stereocenters. The average Bonchev–Trinajstić information content (AvgIpc) is 3.32. The first-order valence-corrected chi connectivity index (χ1v) is 11.8. The van der Waals surface area contributed by atoms with Crippen LogP contribution in [0.15, 0.2) is 18.5 Å². The molecule has 4 N–H and O–H groups in total. The fraction of sp³-hybridized carbons (Fsp3) is 0.500. The smallest absolute Gasteiger partial charge is 0.272 e. The van der Waals surface area contributed by atoms with E-state index in [0.29, 0.717) is 36.9 Å². The summed E-state index contributed by atoms with van der Waals surface area (Å²) in [5.74, 6) is -1.77. The number of carbonyl (C=O) groups excluding carboxylic acids is 3. The van der Waals surface area contributed by atoms with E-state index in [2.05, 4.69) is 25.9 Å². The van der Waals surface area contributed by atoms with Crippen molar-refractivity contribution in [3.8, 4) is 0 Å². The maximum Gasteiger partial charge on any atom is 0.272 e. The van der Waals surface area contributed by atoms with Crippen LogP contribution in [0.1, 0.15) is 66.1 Å². The van der Waals surface area contributed by atoms with Gasteiger partial charge in [0.2, 0.25) is 5.91 Å². The second kappa shape index (κ2) is 11.2. The first kappa shape index (κ1) is 26.6. The Morgan fingerprint density at radius 2 is 1.89 bits per heavy atom. The number of aromatic nitrogens is 2. The van der Waals surface area contributed by atoms with Crippen LogP contribution in [0, 0.1) is 18.7 Å². The van der Waals surface area contributed by atoms with Gasteiger partial charge in [-0.3, -0.25) is 14.4 Å². The fourth-order valence-corrected chi connectivity index (χ4v) is 4.03. The van der Waals surface area contributed by atoms with E-state index in [1.54, 1.807) is 14.0 Å². The molecule has 1 aliphatic carbocycles. The van der Waals surface area contributed by atoms with Gasteiger partial charge in [-0.2, -0.15) is 0 Å². The molecule has 3 rings (SSSR count). The van der Waals surface area contributed by atoms with Crippen LogP contribution in [0.3, 0.4) is 0 Å². The van der Waals surface area contributed by atoms with Gasteiger partial charge < -0.3 is 25.7 Å². The number of aromatic amines is 1. The summed E-state index contributed by atoms with van der Waals surface area (Å²) in [5.41, 5.74) is 0.309. The van der Waals surface area contributed by atoms with Crippen molar-refractivity contribution >= 4 is 35.0 Å². The van der Waals surface area contributed by atoms with E-state index in [4.69, 9.17) is 16.3 Å². The number of halogens is 2. The molecule has 1 aliphatic rings. The van der Waals surface area contributed by atoms with Crippen molar-refractivity contribution in [2.45, 2.75) is 58.1 Å². The molecule has 3 amide bonds. The van der Waals surface area contributed by atoms with Gasteiger partial charge in [0.25, 0.3) is 11.8 Å². The second-order valence-electron chi connectivity index (χ2n) is 9.37. The summed E-state index contributed by atoms with van der Waals surface area (Å²) in [4.78, 5) is 44.7. The average molecular weight is 508 g/mol. The minimum absolute atomic E-state index is 0.00827. The Balaban J connectivity index is 1.52. The molecule has 35 heavy (non-hydrogen) atoms. The van der Waals surface area contributed by atoms with Crippen LogP contribution < -0.4 is 16.0 Å². The quantitative estimate of drug-likeness (QED) is 0.434. The van der Waals surface area contributed by atoms with Gasteiger partial charge in [-0.25, -0.2) is 9.37 Å². The molecule has 0 bridgehead atoms. The summed E-state index contributed by atoms with van der Waals surface area (Å²) < 4.78 is 18.9. The number of benzene rings is 1. The molecule has 0 aliphatic heterocycles. The van der Waals surface area contributed by atoms with Gasteiger partial charge in [-0.05, 0) is 64.2 Å². The van der Waals surface area contributed by atoms with E-state index in [1.807, 2.05) is 13.8 Å². The molecule has 0 saturated heterocycles. The maximum atomic E-state index is 13.6. The molecule has 1 saturated carbocycles. The SMILES string of the molecule is COC(C)(C)CNC(=O)c1nc[nH]c1C(=O)N[C@H]1CC[C@H](C(=O)Nc2cc(C)c(F)cc2Cl)CC1. The molecule has 1 heterocycles. The summed E-state index contributed by atoms with van der Waals surface area (Å²) in [7, 11) is 1.55. The molecule has 190 valence electrons. The molecular formula is C24H31ClFN5O4. The van der Waals surface area contributed by atoms with Crippen LogP contribution in [0.4, 0.5) is 10.1 Å². The number of ether oxygens (including phenoxy) is 1. The lowest BCUT2D eigenvalue weighted by Crippen LogP contribution is -2.42. The summed E-state index contributed by atoms with van der Waals surface area (Å²) in [6.07, 6.45) is 3.62. The third-order valence-electron chi connectivity index (χ3n) is 6.25. The number of H-pyrrole nitrogens is 1. The zero-order valence-electron chi connectivity index (χ0n) is 20.3. The van der Waals surface area contributed by atoms with Crippen molar-refractivity contribution in [3.05, 3.63) is 46.3 Å². The molecule has 9 nitrogen and oxygen atoms in total. The summed E-state index contributed by atoms with van der Waals surface area (Å²) >= 11 is 6.05. The highest BCUT2D eigenvalue weighted by Gasteiger charge is 2.29. The molecule has 2 aromatic rings. The van der Waals surface area contributed by atoms with Gasteiger partial charge in [-0.15, -0.1) is 0 Å². The number of hydrogen-bond acceptors (Lipinski definition) is 5. The van der Waals surface area contributed by atoms with Gasteiger partial charge in [-0.1, -0.05) is 11.6 Å². The Kier molecular flexibility index (Phi) is 8.50. The highest BCUT2D eigenvalue weighted by molar-refractivity contribution is 6.33. The molecule has 1 aromatic heterocycles. The normalized spacial score (nSPS) is 18.1. The largest absolute Gasteiger partial charge is 0.377 e. The maximum absolute atomic E-state index is 13.6. The van der Waals surface area contributed by atoms with Gasteiger partial charge in [0.05, 0.1) is 22.6 Å². The van der Waals surface area contributed by atoms with E-state index in [9.17, 15) is 18.8 Å². The fourth-order valence-electron chi connectivity index (χ4n) is 3.83. The van der Waals surface area contributed by atoms with Crippen LogP contribution in [0.2, 0.25) is 5.02 Å². The monoisotopic (exact) mass is 507 g/mol. The predicted molar refractivity (Wildman–Crippen MR) is 130 cm³/mol. The van der Waals surface area contributed by atoms with Crippen LogP contribution in [-0.2, 0) is 9.53 Å². The Morgan fingerprint density at radius 1 is 1.20 bits per heavy atom. The molecular weight excluding hydrogens is 477 g/mol. The number of anilines is 1. The van der Waals surface area contributed by atoms with Crippen molar-refractivity contribution in [1.82, 2.24) is 20.6 Å². The number of nitrogens with one attached hydrogen (secondary N) is 4. The number of aryl methyl sites for hydroxylation is 1. The summed E-state index contributed by atoms with van der Waals surface area (Å²) in [5, 5.41) is 8.57. The van der Waals surface area contributed by atoms with E-state index in [1.165, 1.54) is 18.5 Å². The van der Waals surface area contributed by atoms with Crippen molar-refractivity contribution in [1.29, 1.82) is 0 Å². The van der Waals surface area contributed by atoms with E-state index in [0.717, 1.165) is 0 Å². The van der Waals surface area contributed by atoms with Gasteiger partial charge in [0.1, 0.15) is 11.5 Å². The van der Waals surface area contributed by atoms with Crippen LogP contribution in [0.5, 0.6) is 0 Å². The van der Waals surface area contributed by atoms with Gasteiger partial charge >= 0.3 is 0 Å². The number of amides is 3. The molecule has 0 spiro atoms. The number of methoxy groups -OCH3 is 1. The summed E-state index contributed by atoms with van der Waals surface area (Å²) in [6, 6.07) is 2.55. The van der Waals surface area contributed by atoms with E-state index >= 15 is 0 Å². The number of nitrogens with zero attached hydrogens (tertiary/aromatic N) is 1. The van der Waals surface area contributed by atoms with Crippen molar-refractivity contribution < 1.29 is 23.5 Å². The third kappa shape index (κ3) is 6.79. The Bertz CT molecular complexity index is 1100. The molecule has 1 fully saturated rings. The van der Waals surface area contributed by atoms with Crippen LogP contribution in [-0.4, -0.2) is 53.0 Å². The second-order valence-corrected chi connectivity index (χ2v) is 9.77. The minimum Gasteiger partial charge on any atom is -0.377 e. The predicted octanol–water partition coefficient (Wildman–Crippen LogP) is 3.59. The van der Waals surface area contributed by atoms with E-state index in [-0.39, 0.29) is 40.8 Å². The molecule has 1 aromatic carbocycles. The van der Waals surface area contributed by atoms with E-state index < -0.39 is 23.2 Å². The number of carbonyl (C=O) groups is 3. The standard InChI is InChI=1S/C24H31ClFN5O4/c1-13-9-18(16(25)10-17(13)26)31-21(32)14-5-7-15(8-6-14)30-23(34)20-19(28-12-29-20)22(33)27-11-24(2,3)35-4/h9-10,12,14-15H,5-8,11H2,1-4H3,(H,27,33)(H,28,29)(H,30,34)(H,31,32)/t14-,15-. The lowest BCUT2D eigenvalue weighted by molar-refractivity contribution is -0.120. The lowest BCUT2D eigenvalue weighted by Gasteiger charge is -2.28. The first-order valence-electron chi connectivity index (χ1n) is 11.4. The number of imidazole rings is 1. The highest BCUT2D eigenvalue weighted by atomic mass is 35.5. The Labute approximate surface area is 208 Å². The molecule has 11 heteroatoms. The topological polar surface area (TPSA) is 125 Å². The first-order chi connectivity index (χ1) is 16.5. The highest BCUT2D eigenvalue weighted by Crippen LogP contribution is 2.29. The Hall–Kier alpha value is -2.98. The molecule has 0 radical (unpaired) electrons.